The first-order valence-corrected chi connectivity index (χ1v) is 8.17. The van der Waals surface area contributed by atoms with Crippen LogP contribution in [0, 0.1) is 18.3 Å². The number of hydrogen-bond acceptors (Lipinski definition) is 5. The van der Waals surface area contributed by atoms with Crippen LogP contribution in [0.5, 0.6) is 0 Å². The molecule has 0 aliphatic carbocycles. The second-order valence-corrected chi connectivity index (χ2v) is 7.24. The predicted octanol–water partition coefficient (Wildman–Crippen LogP) is 3.12. The first kappa shape index (κ1) is 16.0. The van der Waals surface area contributed by atoms with Crippen molar-refractivity contribution in [2.24, 2.45) is 0 Å². The average molecular weight is 316 g/mol. The van der Waals surface area contributed by atoms with Gasteiger partial charge in [0.05, 0.1) is 22.6 Å². The van der Waals surface area contributed by atoms with Crippen molar-refractivity contribution < 1.29 is 12.8 Å². The van der Waals surface area contributed by atoms with Crippen molar-refractivity contribution in [3.63, 3.8) is 0 Å². The highest BCUT2D eigenvalue weighted by atomic mass is 32.2. The smallest absolute Gasteiger partial charge is 0.204 e. The van der Waals surface area contributed by atoms with Gasteiger partial charge >= 0.3 is 0 Å². The summed E-state index contributed by atoms with van der Waals surface area (Å²) >= 11 is 0. The molecule has 114 valence electrons. The first-order valence-electron chi connectivity index (χ1n) is 6.62. The van der Waals surface area contributed by atoms with Gasteiger partial charge in [-0.25, -0.2) is 13.4 Å². The second kappa shape index (κ2) is 5.78. The molecule has 2 aromatic rings. The topological polar surface area (TPSA) is 84.0 Å². The maximum absolute atomic E-state index is 12.0. The van der Waals surface area contributed by atoms with Crippen LogP contribution >= 0.6 is 0 Å². The molecule has 0 atom stereocenters. The van der Waals surface area contributed by atoms with Crippen molar-refractivity contribution in [1.82, 2.24) is 4.98 Å². The average Bonchev–Trinajstić information content (AvgIpc) is 2.93. The molecule has 0 fully saturated rings. The van der Waals surface area contributed by atoms with Crippen LogP contribution < -0.4 is 0 Å². The van der Waals surface area contributed by atoms with E-state index in [2.05, 4.69) is 4.98 Å². The number of oxazole rings is 1. The van der Waals surface area contributed by atoms with Crippen LogP contribution in [0.4, 0.5) is 0 Å². The summed E-state index contributed by atoms with van der Waals surface area (Å²) in [6.45, 7) is 5.73. The Bertz CT molecular complexity index is 838. The fraction of sp³-hybridized carbons (Fsp3) is 0.250. The van der Waals surface area contributed by atoms with Crippen molar-refractivity contribution in [2.75, 3.05) is 0 Å². The van der Waals surface area contributed by atoms with E-state index >= 15 is 0 Å². The Labute approximate surface area is 129 Å². The lowest BCUT2D eigenvalue weighted by atomic mass is 9.84. The molecule has 0 N–H and O–H groups in total. The maximum atomic E-state index is 12.0. The van der Waals surface area contributed by atoms with Gasteiger partial charge in [-0.3, -0.25) is 0 Å². The van der Waals surface area contributed by atoms with Crippen LogP contribution in [0.2, 0.25) is 0 Å². The van der Waals surface area contributed by atoms with Gasteiger partial charge in [0, 0.05) is 11.5 Å². The molecular formula is C16H16N2O3S. The minimum absolute atomic E-state index is 0.141. The van der Waals surface area contributed by atoms with Gasteiger partial charge in [0.25, 0.3) is 0 Å². The highest BCUT2D eigenvalue weighted by Crippen LogP contribution is 2.31. The highest BCUT2D eigenvalue weighted by molar-refractivity contribution is 7.94. The molecule has 22 heavy (non-hydrogen) atoms. The number of rotatable bonds is 4. The number of aryl methyl sites for hydroxylation is 1. The number of allylic oxidation sites excluding steroid dienone is 1. The molecule has 0 saturated carbocycles. The van der Waals surface area contributed by atoms with Crippen molar-refractivity contribution in [2.45, 2.75) is 31.1 Å². The van der Waals surface area contributed by atoms with Crippen LogP contribution in [0.3, 0.4) is 0 Å². The summed E-state index contributed by atoms with van der Waals surface area (Å²) in [7, 11) is -3.59. The fourth-order valence-electron chi connectivity index (χ4n) is 2.03. The summed E-state index contributed by atoms with van der Waals surface area (Å²) in [4.78, 5) is 4.38. The molecule has 1 aromatic heterocycles. The molecule has 0 radical (unpaired) electrons. The lowest BCUT2D eigenvalue weighted by Crippen LogP contribution is -2.19. The zero-order chi connectivity index (χ0) is 16.4. The van der Waals surface area contributed by atoms with E-state index in [4.69, 9.17) is 9.68 Å². The predicted molar refractivity (Wildman–Crippen MR) is 81.7 cm³/mol. The van der Waals surface area contributed by atoms with Gasteiger partial charge in [-0.05, 0) is 38.5 Å². The molecule has 1 aromatic carbocycles. The largest absolute Gasteiger partial charge is 0.445 e. The first-order chi connectivity index (χ1) is 10.3. The molecule has 0 aliphatic rings. The van der Waals surface area contributed by atoms with Crippen LogP contribution in [0.25, 0.3) is 0 Å². The third-order valence-electron chi connectivity index (χ3n) is 3.38. The van der Waals surface area contributed by atoms with Crippen LogP contribution in [-0.2, 0) is 15.3 Å². The fourth-order valence-corrected chi connectivity index (χ4v) is 2.94. The lowest BCUT2D eigenvalue weighted by Gasteiger charge is -2.21. The molecule has 1 heterocycles. The van der Waals surface area contributed by atoms with Crippen molar-refractivity contribution >= 4 is 9.84 Å². The molecular weight excluding hydrogens is 300 g/mol. The van der Waals surface area contributed by atoms with E-state index in [1.54, 1.807) is 24.4 Å². The molecule has 0 amide bonds. The van der Waals surface area contributed by atoms with E-state index < -0.39 is 15.3 Å². The Hall–Kier alpha value is -2.39. The summed E-state index contributed by atoms with van der Waals surface area (Å²) < 4.78 is 29.5. The minimum atomic E-state index is -3.59. The standard InChI is InChI=1S/C16H16N2O3S/c1-12-11-18-15(21-12)16(2,3)13-5-7-14(8-6-13)22(19,20)10-4-9-17/h4-8,10-11H,1-3H3. The Kier molecular flexibility index (Phi) is 4.20. The summed E-state index contributed by atoms with van der Waals surface area (Å²) in [5, 5.41) is 9.33. The molecule has 6 heteroatoms. The second-order valence-electron chi connectivity index (χ2n) is 5.40. The van der Waals surface area contributed by atoms with Gasteiger partial charge in [0.15, 0.2) is 0 Å². The number of nitriles is 1. The van der Waals surface area contributed by atoms with Gasteiger partial charge in [-0.2, -0.15) is 5.26 Å². The molecule has 0 aliphatic heterocycles. The van der Waals surface area contributed by atoms with Crippen LogP contribution in [0.15, 0.2) is 51.3 Å². The molecule has 0 saturated heterocycles. The number of sulfone groups is 1. The molecule has 0 bridgehead atoms. The van der Waals surface area contributed by atoms with E-state index in [0.29, 0.717) is 5.89 Å². The molecule has 0 spiro atoms. The van der Waals surface area contributed by atoms with Gasteiger partial charge in [-0.1, -0.05) is 12.1 Å². The quantitative estimate of drug-likeness (QED) is 0.809. The Morgan fingerprint density at radius 3 is 2.41 bits per heavy atom. The van der Waals surface area contributed by atoms with E-state index in [9.17, 15) is 8.42 Å². The Morgan fingerprint density at radius 2 is 1.91 bits per heavy atom. The number of benzene rings is 1. The molecule has 2 rings (SSSR count). The number of aromatic nitrogens is 1. The van der Waals surface area contributed by atoms with Gasteiger partial charge in [0.1, 0.15) is 5.76 Å². The number of hydrogen-bond donors (Lipinski definition) is 0. The van der Waals surface area contributed by atoms with Crippen molar-refractivity contribution in [3.8, 4) is 6.07 Å². The van der Waals surface area contributed by atoms with Gasteiger partial charge < -0.3 is 4.42 Å². The zero-order valence-corrected chi connectivity index (χ0v) is 13.4. The van der Waals surface area contributed by atoms with Crippen molar-refractivity contribution in [3.05, 3.63) is 59.2 Å². The highest BCUT2D eigenvalue weighted by Gasteiger charge is 2.28. The van der Waals surface area contributed by atoms with Crippen molar-refractivity contribution in [1.29, 1.82) is 5.26 Å². The van der Waals surface area contributed by atoms with E-state index in [-0.39, 0.29) is 4.90 Å². The maximum Gasteiger partial charge on any atom is 0.204 e. The molecule has 0 unspecified atom stereocenters. The third kappa shape index (κ3) is 3.10. The SMILES string of the molecule is Cc1cnc(C(C)(C)c2ccc(S(=O)(=O)C=CC#N)cc2)o1. The van der Waals surface area contributed by atoms with Gasteiger partial charge in [-0.15, -0.1) is 0 Å². The summed E-state index contributed by atoms with van der Waals surface area (Å²) in [5.41, 5.74) is 0.413. The lowest BCUT2D eigenvalue weighted by molar-refractivity contribution is 0.398. The Balaban J connectivity index is 2.37. The third-order valence-corrected chi connectivity index (χ3v) is 4.81. The normalized spacial score (nSPS) is 12.5. The van der Waals surface area contributed by atoms with E-state index in [1.807, 2.05) is 20.8 Å². The van der Waals surface area contributed by atoms with E-state index in [1.165, 1.54) is 12.1 Å². The molecule has 5 nitrogen and oxygen atoms in total. The summed E-state index contributed by atoms with van der Waals surface area (Å²) in [5.74, 6) is 1.30. The van der Waals surface area contributed by atoms with E-state index in [0.717, 1.165) is 22.8 Å². The van der Waals surface area contributed by atoms with Gasteiger partial charge in [0.2, 0.25) is 15.7 Å². The zero-order valence-electron chi connectivity index (χ0n) is 12.6. The van der Waals surface area contributed by atoms with Crippen LogP contribution in [-0.4, -0.2) is 13.4 Å². The Morgan fingerprint density at radius 1 is 1.27 bits per heavy atom. The monoisotopic (exact) mass is 316 g/mol. The van der Waals surface area contributed by atoms with Crippen LogP contribution in [0.1, 0.15) is 31.1 Å². The minimum Gasteiger partial charge on any atom is -0.445 e. The number of nitrogens with zero attached hydrogens (tertiary/aromatic N) is 2. The summed E-state index contributed by atoms with van der Waals surface area (Å²) in [6, 6.07) is 8.17. The summed E-state index contributed by atoms with van der Waals surface area (Å²) in [6.07, 6.45) is 2.60.